The predicted octanol–water partition coefficient (Wildman–Crippen LogP) is 2.87. The van der Waals surface area contributed by atoms with Gasteiger partial charge in [0.05, 0.1) is 19.8 Å². The highest BCUT2D eigenvalue weighted by atomic mass is 16.5. The molecule has 100 valence electrons. The van der Waals surface area contributed by atoms with Crippen LogP contribution in [0.1, 0.15) is 35.7 Å². The van der Waals surface area contributed by atoms with Gasteiger partial charge in [0.1, 0.15) is 0 Å². The summed E-state index contributed by atoms with van der Waals surface area (Å²) in [6.07, 6.45) is 2.62. The van der Waals surface area contributed by atoms with E-state index in [1.54, 1.807) is 7.11 Å². The first-order valence-electron chi connectivity index (χ1n) is 6.46. The van der Waals surface area contributed by atoms with Crippen molar-refractivity contribution in [1.29, 1.82) is 0 Å². The number of ketones is 1. The highest BCUT2D eigenvalue weighted by Gasteiger charge is 2.05. The smallest absolute Gasteiger partial charge is 0.165 e. The second-order valence-corrected chi connectivity index (χ2v) is 4.23. The zero-order chi connectivity index (χ0) is 13.2. The number of rotatable bonds is 9. The third kappa shape index (κ3) is 5.43. The quantitative estimate of drug-likeness (QED) is 0.499. The van der Waals surface area contributed by atoms with E-state index in [4.69, 9.17) is 9.47 Å². The van der Waals surface area contributed by atoms with Gasteiger partial charge in [-0.05, 0) is 12.0 Å². The van der Waals surface area contributed by atoms with Crippen LogP contribution in [0.15, 0.2) is 24.3 Å². The number of methoxy groups -OCH3 is 1. The van der Waals surface area contributed by atoms with Gasteiger partial charge in [0, 0.05) is 19.1 Å². The molecule has 0 radical (unpaired) electrons. The molecule has 0 saturated heterocycles. The van der Waals surface area contributed by atoms with E-state index in [1.165, 1.54) is 5.56 Å². The number of carbonyl (C=O) groups is 1. The van der Waals surface area contributed by atoms with Gasteiger partial charge in [0.15, 0.2) is 5.78 Å². The predicted molar refractivity (Wildman–Crippen MR) is 72.1 cm³/mol. The standard InChI is InChI=1S/C15H22O3/c1-3-4-13-5-7-14(8-6-13)15(16)9-10-18-12-11-17-2/h5-8H,3-4,9-12H2,1-2H3. The zero-order valence-corrected chi connectivity index (χ0v) is 11.3. The van der Waals surface area contributed by atoms with Crippen molar-refractivity contribution in [2.24, 2.45) is 0 Å². The van der Waals surface area contributed by atoms with Crippen LogP contribution in [-0.2, 0) is 15.9 Å². The summed E-state index contributed by atoms with van der Waals surface area (Å²) >= 11 is 0. The molecule has 0 aromatic heterocycles. The van der Waals surface area contributed by atoms with Crippen LogP contribution in [0.3, 0.4) is 0 Å². The van der Waals surface area contributed by atoms with E-state index in [-0.39, 0.29) is 5.78 Å². The Morgan fingerprint density at radius 3 is 2.44 bits per heavy atom. The van der Waals surface area contributed by atoms with E-state index >= 15 is 0 Å². The molecule has 0 fully saturated rings. The van der Waals surface area contributed by atoms with Crippen molar-refractivity contribution in [3.8, 4) is 0 Å². The third-order valence-electron chi connectivity index (χ3n) is 2.72. The first-order chi connectivity index (χ1) is 8.77. The van der Waals surface area contributed by atoms with Crippen LogP contribution < -0.4 is 0 Å². The van der Waals surface area contributed by atoms with E-state index in [9.17, 15) is 4.79 Å². The SMILES string of the molecule is CCCc1ccc(C(=O)CCOCCOC)cc1. The monoisotopic (exact) mass is 250 g/mol. The van der Waals surface area contributed by atoms with Crippen LogP contribution in [0.25, 0.3) is 0 Å². The topological polar surface area (TPSA) is 35.5 Å². The number of benzene rings is 1. The molecular formula is C15H22O3. The molecule has 18 heavy (non-hydrogen) atoms. The van der Waals surface area contributed by atoms with Crippen LogP contribution in [0.4, 0.5) is 0 Å². The molecule has 0 heterocycles. The van der Waals surface area contributed by atoms with E-state index < -0.39 is 0 Å². The summed E-state index contributed by atoms with van der Waals surface area (Å²) in [5, 5.41) is 0. The molecule has 1 aromatic rings. The first-order valence-corrected chi connectivity index (χ1v) is 6.46. The Bertz CT molecular complexity index is 343. The number of aryl methyl sites for hydroxylation is 1. The second-order valence-electron chi connectivity index (χ2n) is 4.23. The minimum atomic E-state index is 0.135. The summed E-state index contributed by atoms with van der Waals surface area (Å²) in [6.45, 7) is 3.72. The van der Waals surface area contributed by atoms with Crippen LogP contribution in [0.2, 0.25) is 0 Å². The summed E-state index contributed by atoms with van der Waals surface area (Å²) in [5.41, 5.74) is 2.05. The summed E-state index contributed by atoms with van der Waals surface area (Å²) < 4.78 is 10.1. The molecule has 0 spiro atoms. The van der Waals surface area contributed by atoms with Gasteiger partial charge in [-0.25, -0.2) is 0 Å². The Kier molecular flexibility index (Phi) is 7.30. The van der Waals surface area contributed by atoms with Crippen molar-refractivity contribution in [2.75, 3.05) is 26.9 Å². The maximum atomic E-state index is 11.8. The molecule has 0 aliphatic carbocycles. The number of carbonyl (C=O) groups excluding carboxylic acids is 1. The van der Waals surface area contributed by atoms with Gasteiger partial charge in [-0.3, -0.25) is 4.79 Å². The fourth-order valence-electron chi connectivity index (χ4n) is 1.70. The van der Waals surface area contributed by atoms with Crippen molar-refractivity contribution >= 4 is 5.78 Å². The lowest BCUT2D eigenvalue weighted by Gasteiger charge is -2.04. The molecule has 3 heteroatoms. The summed E-state index contributed by atoms with van der Waals surface area (Å²) in [7, 11) is 1.63. The molecule has 0 N–H and O–H groups in total. The number of Topliss-reactive ketones (excluding diaryl/α,β-unsaturated/α-hetero) is 1. The molecular weight excluding hydrogens is 228 g/mol. The summed E-state index contributed by atoms with van der Waals surface area (Å²) in [4.78, 5) is 11.8. The average molecular weight is 250 g/mol. The van der Waals surface area contributed by atoms with Crippen LogP contribution in [0, 0.1) is 0 Å². The Morgan fingerprint density at radius 2 is 1.83 bits per heavy atom. The van der Waals surface area contributed by atoms with Gasteiger partial charge in [0.2, 0.25) is 0 Å². The highest BCUT2D eigenvalue weighted by Crippen LogP contribution is 2.08. The lowest BCUT2D eigenvalue weighted by molar-refractivity contribution is 0.0641. The number of hydrogen-bond acceptors (Lipinski definition) is 3. The van der Waals surface area contributed by atoms with Crippen molar-refractivity contribution < 1.29 is 14.3 Å². The van der Waals surface area contributed by atoms with Gasteiger partial charge >= 0.3 is 0 Å². The Balaban J connectivity index is 2.32. The average Bonchev–Trinajstić information content (AvgIpc) is 2.39. The zero-order valence-electron chi connectivity index (χ0n) is 11.3. The molecule has 0 aliphatic heterocycles. The normalized spacial score (nSPS) is 10.6. The number of hydrogen-bond donors (Lipinski definition) is 0. The molecule has 0 amide bonds. The molecule has 3 nitrogen and oxygen atoms in total. The van der Waals surface area contributed by atoms with Crippen molar-refractivity contribution in [3.05, 3.63) is 35.4 Å². The maximum Gasteiger partial charge on any atom is 0.165 e. The molecule has 0 bridgehead atoms. The first kappa shape index (κ1) is 14.9. The van der Waals surface area contributed by atoms with Gasteiger partial charge in [0.25, 0.3) is 0 Å². The molecule has 1 aromatic carbocycles. The molecule has 0 saturated carbocycles. The van der Waals surface area contributed by atoms with Gasteiger partial charge in [-0.1, -0.05) is 37.6 Å². The summed E-state index contributed by atoms with van der Waals surface area (Å²) in [5.74, 6) is 0.135. The van der Waals surface area contributed by atoms with Crippen molar-refractivity contribution in [2.45, 2.75) is 26.2 Å². The van der Waals surface area contributed by atoms with Crippen LogP contribution >= 0.6 is 0 Å². The Morgan fingerprint density at radius 1 is 1.11 bits per heavy atom. The van der Waals surface area contributed by atoms with E-state index in [0.29, 0.717) is 26.2 Å². The highest BCUT2D eigenvalue weighted by molar-refractivity contribution is 5.96. The minimum Gasteiger partial charge on any atom is -0.382 e. The van der Waals surface area contributed by atoms with Gasteiger partial charge < -0.3 is 9.47 Å². The Labute approximate surface area is 109 Å². The van der Waals surface area contributed by atoms with Crippen LogP contribution in [0.5, 0.6) is 0 Å². The maximum absolute atomic E-state index is 11.8. The third-order valence-corrected chi connectivity index (χ3v) is 2.72. The van der Waals surface area contributed by atoms with Gasteiger partial charge in [-0.2, -0.15) is 0 Å². The lowest BCUT2D eigenvalue weighted by Crippen LogP contribution is -2.08. The largest absolute Gasteiger partial charge is 0.382 e. The lowest BCUT2D eigenvalue weighted by atomic mass is 10.0. The van der Waals surface area contributed by atoms with E-state index in [2.05, 4.69) is 6.92 Å². The second kappa shape index (κ2) is 8.84. The molecule has 0 aliphatic rings. The van der Waals surface area contributed by atoms with E-state index in [1.807, 2.05) is 24.3 Å². The van der Waals surface area contributed by atoms with Crippen molar-refractivity contribution in [1.82, 2.24) is 0 Å². The van der Waals surface area contributed by atoms with Crippen LogP contribution in [-0.4, -0.2) is 32.7 Å². The molecule has 0 unspecified atom stereocenters. The molecule has 1 rings (SSSR count). The molecule has 0 atom stereocenters. The fourth-order valence-corrected chi connectivity index (χ4v) is 1.70. The number of ether oxygens (including phenoxy) is 2. The fraction of sp³-hybridized carbons (Fsp3) is 0.533. The van der Waals surface area contributed by atoms with E-state index in [0.717, 1.165) is 18.4 Å². The Hall–Kier alpha value is -1.19. The minimum absolute atomic E-state index is 0.135. The van der Waals surface area contributed by atoms with Crippen molar-refractivity contribution in [3.63, 3.8) is 0 Å². The summed E-state index contributed by atoms with van der Waals surface area (Å²) in [6, 6.07) is 7.87. The van der Waals surface area contributed by atoms with Gasteiger partial charge in [-0.15, -0.1) is 0 Å².